The molecule has 0 aromatic carbocycles. The minimum Gasteiger partial charge on any atom is -0.103 e. The molecule has 0 amide bonds. The molecule has 0 N–H and O–H groups in total. The lowest BCUT2D eigenvalue weighted by atomic mass is 9.91. The molecule has 0 saturated heterocycles. The van der Waals surface area contributed by atoms with E-state index < -0.39 is 0 Å². The normalized spacial score (nSPS) is 11.1. The lowest BCUT2D eigenvalue weighted by Gasteiger charge is -2.28. The molecule has 0 aromatic heterocycles. The van der Waals surface area contributed by atoms with Crippen molar-refractivity contribution >= 4 is 10.2 Å². The monoisotopic (exact) mass is 208 g/mol. The second-order valence-electron chi connectivity index (χ2n) is 4.29. The number of hydrogen-bond acceptors (Lipinski definition) is 0. The molecule has 0 aliphatic rings. The highest BCUT2D eigenvalue weighted by Gasteiger charge is 2.21. The topological polar surface area (TPSA) is 0 Å². The van der Waals surface area contributed by atoms with E-state index in [1.807, 2.05) is 18.2 Å². The van der Waals surface area contributed by atoms with Crippen molar-refractivity contribution in [1.82, 2.24) is 0 Å². The first-order valence-electron chi connectivity index (χ1n) is 5.51. The molecular formula is C13H24Si. The molecule has 0 aliphatic heterocycles. The molecular weight excluding hydrogens is 184 g/mol. The summed E-state index contributed by atoms with van der Waals surface area (Å²) in [5.41, 5.74) is 0. The third kappa shape index (κ3) is 5.98. The van der Waals surface area contributed by atoms with Crippen LogP contribution in [0.4, 0.5) is 0 Å². The molecule has 0 rings (SSSR count). The van der Waals surface area contributed by atoms with Crippen LogP contribution < -0.4 is 0 Å². The van der Waals surface area contributed by atoms with Crippen LogP contribution in [0.3, 0.4) is 0 Å². The van der Waals surface area contributed by atoms with Crippen LogP contribution in [0.1, 0.15) is 38.5 Å². The molecule has 0 fully saturated rings. The Morgan fingerprint density at radius 1 is 0.786 bits per heavy atom. The first-order chi connectivity index (χ1) is 6.68. The standard InChI is InChI=1S/C13H24Si/c1-4-7-10-13(14,11-8-5-2)12-9-6-3/h4-6H,1-3,7-12H2,14H3. The summed E-state index contributed by atoms with van der Waals surface area (Å²) >= 11 is 0. The highest BCUT2D eigenvalue weighted by Crippen LogP contribution is 2.39. The molecule has 0 heterocycles. The van der Waals surface area contributed by atoms with Crippen LogP contribution in [0.15, 0.2) is 38.0 Å². The van der Waals surface area contributed by atoms with Gasteiger partial charge in [-0.25, -0.2) is 0 Å². The molecule has 1 heteroatoms. The Hall–Kier alpha value is -0.563. The van der Waals surface area contributed by atoms with Crippen molar-refractivity contribution in [2.24, 2.45) is 0 Å². The van der Waals surface area contributed by atoms with Gasteiger partial charge in [-0.05, 0) is 43.6 Å². The Morgan fingerprint density at radius 2 is 1.07 bits per heavy atom. The molecule has 0 nitrogen and oxygen atoms in total. The highest BCUT2D eigenvalue weighted by atomic mass is 28.1. The Kier molecular flexibility index (Phi) is 7.49. The second kappa shape index (κ2) is 7.81. The van der Waals surface area contributed by atoms with Crippen molar-refractivity contribution in [2.45, 2.75) is 43.6 Å². The highest BCUT2D eigenvalue weighted by molar-refractivity contribution is 6.15. The van der Waals surface area contributed by atoms with Crippen molar-refractivity contribution < 1.29 is 0 Å². The van der Waals surface area contributed by atoms with Crippen molar-refractivity contribution in [3.05, 3.63) is 38.0 Å². The zero-order valence-corrected chi connectivity index (χ0v) is 11.6. The van der Waals surface area contributed by atoms with E-state index in [4.69, 9.17) is 0 Å². The average molecular weight is 208 g/mol. The van der Waals surface area contributed by atoms with Gasteiger partial charge in [0, 0.05) is 10.2 Å². The minimum atomic E-state index is 0.580. The van der Waals surface area contributed by atoms with Crippen molar-refractivity contribution in [3.63, 3.8) is 0 Å². The third-order valence-corrected chi connectivity index (χ3v) is 4.36. The largest absolute Gasteiger partial charge is 0.103 e. The van der Waals surface area contributed by atoms with Crippen LogP contribution in [0.25, 0.3) is 0 Å². The van der Waals surface area contributed by atoms with Crippen LogP contribution in [-0.2, 0) is 0 Å². The SMILES string of the molecule is C=CCCC([SiH3])(CCC=C)CCC=C. The van der Waals surface area contributed by atoms with Gasteiger partial charge in [-0.1, -0.05) is 18.2 Å². The van der Waals surface area contributed by atoms with E-state index >= 15 is 0 Å². The van der Waals surface area contributed by atoms with Gasteiger partial charge in [0.25, 0.3) is 0 Å². The Morgan fingerprint density at radius 3 is 1.29 bits per heavy atom. The molecule has 14 heavy (non-hydrogen) atoms. The summed E-state index contributed by atoms with van der Waals surface area (Å²) in [7, 11) is 1.27. The van der Waals surface area contributed by atoms with Gasteiger partial charge in [0.2, 0.25) is 0 Å². The molecule has 80 valence electrons. The first kappa shape index (κ1) is 13.4. The summed E-state index contributed by atoms with van der Waals surface area (Å²) < 4.78 is 0. The summed E-state index contributed by atoms with van der Waals surface area (Å²) in [4.78, 5) is 0. The van der Waals surface area contributed by atoms with Crippen LogP contribution in [-0.4, -0.2) is 10.2 Å². The van der Waals surface area contributed by atoms with Gasteiger partial charge in [-0.3, -0.25) is 0 Å². The van der Waals surface area contributed by atoms with Gasteiger partial charge in [0.1, 0.15) is 0 Å². The second-order valence-corrected chi connectivity index (χ2v) is 6.41. The summed E-state index contributed by atoms with van der Waals surface area (Å²) in [5, 5.41) is 0.580. The molecule has 0 saturated carbocycles. The fourth-order valence-corrected chi connectivity index (χ4v) is 2.59. The fraction of sp³-hybridized carbons (Fsp3) is 0.538. The molecule has 0 unspecified atom stereocenters. The van der Waals surface area contributed by atoms with Crippen molar-refractivity contribution in [3.8, 4) is 0 Å². The predicted octanol–water partition coefficient (Wildman–Crippen LogP) is 3.41. The van der Waals surface area contributed by atoms with Gasteiger partial charge in [-0.2, -0.15) is 0 Å². The predicted molar refractivity (Wildman–Crippen MR) is 70.9 cm³/mol. The Labute approximate surface area is 92.2 Å². The maximum atomic E-state index is 3.80. The lowest BCUT2D eigenvalue weighted by Crippen LogP contribution is -2.12. The lowest BCUT2D eigenvalue weighted by molar-refractivity contribution is 0.455. The van der Waals surface area contributed by atoms with Crippen molar-refractivity contribution in [2.75, 3.05) is 0 Å². The summed E-state index contributed by atoms with van der Waals surface area (Å²) in [5.74, 6) is 0. The summed E-state index contributed by atoms with van der Waals surface area (Å²) in [6, 6.07) is 0. The maximum absolute atomic E-state index is 3.80. The smallest absolute Gasteiger partial charge is 0.0107 e. The third-order valence-electron chi connectivity index (χ3n) is 2.86. The van der Waals surface area contributed by atoms with Gasteiger partial charge in [-0.15, -0.1) is 19.7 Å². The van der Waals surface area contributed by atoms with Gasteiger partial charge in [0.15, 0.2) is 0 Å². The van der Waals surface area contributed by atoms with E-state index in [2.05, 4.69) is 19.7 Å². The van der Waals surface area contributed by atoms with Crippen molar-refractivity contribution in [1.29, 1.82) is 0 Å². The first-order valence-corrected chi connectivity index (χ1v) is 6.51. The molecule has 0 bridgehead atoms. The number of rotatable bonds is 9. The van der Waals surface area contributed by atoms with E-state index in [-0.39, 0.29) is 0 Å². The molecule has 0 spiro atoms. The van der Waals surface area contributed by atoms with Crippen LogP contribution >= 0.6 is 0 Å². The molecule has 0 atom stereocenters. The number of hydrogen-bond donors (Lipinski definition) is 0. The quantitative estimate of drug-likeness (QED) is 0.402. The van der Waals surface area contributed by atoms with Crippen LogP contribution in [0.2, 0.25) is 5.04 Å². The summed E-state index contributed by atoms with van der Waals surface area (Å²) in [6.45, 7) is 11.4. The molecule has 0 radical (unpaired) electrons. The van der Waals surface area contributed by atoms with Gasteiger partial charge < -0.3 is 0 Å². The number of allylic oxidation sites excluding steroid dienone is 3. The Balaban J connectivity index is 4.07. The zero-order valence-electron chi connectivity index (χ0n) is 9.60. The summed E-state index contributed by atoms with van der Waals surface area (Å²) in [6.07, 6.45) is 13.4. The zero-order chi connectivity index (χ0) is 10.9. The van der Waals surface area contributed by atoms with E-state index in [0.717, 1.165) is 19.3 Å². The average Bonchev–Trinajstić information content (AvgIpc) is 2.21. The van der Waals surface area contributed by atoms with Crippen LogP contribution in [0.5, 0.6) is 0 Å². The molecule has 0 aromatic rings. The van der Waals surface area contributed by atoms with E-state index in [0.29, 0.717) is 5.04 Å². The van der Waals surface area contributed by atoms with Crippen LogP contribution in [0, 0.1) is 0 Å². The van der Waals surface area contributed by atoms with Gasteiger partial charge in [0.05, 0.1) is 0 Å². The van der Waals surface area contributed by atoms with E-state index in [9.17, 15) is 0 Å². The van der Waals surface area contributed by atoms with E-state index in [1.165, 1.54) is 29.5 Å². The molecule has 0 aliphatic carbocycles. The Bertz CT molecular complexity index is 150. The fourth-order valence-electron chi connectivity index (χ4n) is 1.73. The van der Waals surface area contributed by atoms with Gasteiger partial charge >= 0.3 is 0 Å². The van der Waals surface area contributed by atoms with E-state index in [1.54, 1.807) is 0 Å². The minimum absolute atomic E-state index is 0.580. The maximum Gasteiger partial charge on any atom is 0.0107 e.